The molecule has 0 bridgehead atoms. The number of piperidine rings is 1. The van der Waals surface area contributed by atoms with Gasteiger partial charge >= 0.3 is 0 Å². The van der Waals surface area contributed by atoms with Crippen molar-refractivity contribution in [1.82, 2.24) is 14.5 Å². The van der Waals surface area contributed by atoms with Crippen LogP contribution < -0.4 is 0 Å². The first-order valence-corrected chi connectivity index (χ1v) is 7.08. The van der Waals surface area contributed by atoms with Crippen molar-refractivity contribution >= 4 is 5.91 Å². The zero-order valence-electron chi connectivity index (χ0n) is 11.4. The Labute approximate surface area is 113 Å². The molecule has 1 aliphatic carbocycles. The van der Waals surface area contributed by atoms with E-state index in [1.54, 1.807) is 17.1 Å². The van der Waals surface area contributed by atoms with Crippen LogP contribution in [0.5, 0.6) is 0 Å². The van der Waals surface area contributed by atoms with Gasteiger partial charge in [0, 0.05) is 32.3 Å². The second kappa shape index (κ2) is 4.63. The predicted molar refractivity (Wildman–Crippen MR) is 70.6 cm³/mol. The van der Waals surface area contributed by atoms with Gasteiger partial charge in [-0.1, -0.05) is 12.8 Å². The number of rotatable bonds is 1. The molecule has 2 aliphatic rings. The zero-order valence-corrected chi connectivity index (χ0v) is 11.4. The number of hydrogen-bond acceptors (Lipinski definition) is 3. The molecule has 5 heteroatoms. The van der Waals surface area contributed by atoms with E-state index in [1.807, 2.05) is 11.9 Å². The normalized spacial score (nSPS) is 31.1. The number of hydrogen-bond donors (Lipinski definition) is 1. The van der Waals surface area contributed by atoms with Crippen LogP contribution in [-0.2, 0) is 7.05 Å². The lowest BCUT2D eigenvalue weighted by atomic mass is 9.71. The third kappa shape index (κ3) is 2.27. The maximum atomic E-state index is 12.4. The molecule has 19 heavy (non-hydrogen) atoms. The van der Waals surface area contributed by atoms with E-state index in [0.717, 1.165) is 19.3 Å². The molecule has 1 amide bonds. The van der Waals surface area contributed by atoms with E-state index in [1.165, 1.54) is 6.42 Å². The van der Waals surface area contributed by atoms with Crippen molar-refractivity contribution in [1.29, 1.82) is 0 Å². The SMILES string of the molecule is Cn1cnc(C(=O)N2CCC3(O)CCCCC3C2)c1. The molecule has 2 unspecified atom stereocenters. The second-order valence-electron chi connectivity index (χ2n) is 5.97. The fourth-order valence-corrected chi connectivity index (χ4v) is 3.44. The Hall–Kier alpha value is -1.36. The number of aliphatic hydroxyl groups is 1. The maximum absolute atomic E-state index is 12.4. The highest BCUT2D eigenvalue weighted by Gasteiger charge is 2.43. The van der Waals surface area contributed by atoms with Crippen LogP contribution in [0.3, 0.4) is 0 Å². The molecular formula is C14H21N3O2. The number of likely N-dealkylation sites (tertiary alicyclic amines) is 1. The summed E-state index contributed by atoms with van der Waals surface area (Å²) in [4.78, 5) is 18.3. The molecule has 1 N–H and O–H groups in total. The molecule has 2 fully saturated rings. The van der Waals surface area contributed by atoms with Crippen LogP contribution in [0.1, 0.15) is 42.6 Å². The van der Waals surface area contributed by atoms with Crippen molar-refractivity contribution in [2.24, 2.45) is 13.0 Å². The first-order chi connectivity index (χ1) is 9.08. The predicted octanol–water partition coefficient (Wildman–Crippen LogP) is 1.19. The highest BCUT2D eigenvalue weighted by molar-refractivity contribution is 5.92. The molecule has 1 saturated carbocycles. The minimum atomic E-state index is -0.529. The Kier molecular flexibility index (Phi) is 3.09. The summed E-state index contributed by atoms with van der Waals surface area (Å²) in [6, 6.07) is 0. The fraction of sp³-hybridized carbons (Fsp3) is 0.714. The molecule has 3 rings (SSSR count). The lowest BCUT2D eigenvalue weighted by Crippen LogP contribution is -2.54. The standard InChI is InChI=1S/C14H21N3O2/c1-16-9-12(15-10-16)13(18)17-7-6-14(19)5-3-2-4-11(14)8-17/h9-11,19H,2-8H2,1H3. The van der Waals surface area contributed by atoms with Gasteiger partial charge in [0.25, 0.3) is 5.91 Å². The quantitative estimate of drug-likeness (QED) is 0.828. The Morgan fingerprint density at radius 3 is 3.05 bits per heavy atom. The minimum absolute atomic E-state index is 0.00627. The smallest absolute Gasteiger partial charge is 0.274 e. The van der Waals surface area contributed by atoms with Gasteiger partial charge in [-0.2, -0.15) is 0 Å². The molecule has 5 nitrogen and oxygen atoms in total. The molecule has 2 heterocycles. The molecule has 0 radical (unpaired) electrons. The Morgan fingerprint density at radius 2 is 2.32 bits per heavy atom. The molecule has 1 aromatic rings. The topological polar surface area (TPSA) is 58.4 Å². The zero-order chi connectivity index (χ0) is 13.5. The monoisotopic (exact) mass is 263 g/mol. The van der Waals surface area contributed by atoms with Gasteiger partial charge in [0.1, 0.15) is 5.69 Å². The lowest BCUT2D eigenvalue weighted by molar-refractivity contribution is -0.0886. The summed E-state index contributed by atoms with van der Waals surface area (Å²) in [5.41, 5.74) is -0.0252. The average Bonchev–Trinajstić information content (AvgIpc) is 2.83. The Balaban J connectivity index is 1.72. The summed E-state index contributed by atoms with van der Waals surface area (Å²) in [5, 5.41) is 10.6. The van der Waals surface area contributed by atoms with E-state index in [2.05, 4.69) is 4.98 Å². The van der Waals surface area contributed by atoms with Crippen LogP contribution in [0.15, 0.2) is 12.5 Å². The molecule has 0 spiro atoms. The van der Waals surface area contributed by atoms with Gasteiger partial charge in [-0.25, -0.2) is 4.98 Å². The van der Waals surface area contributed by atoms with E-state index < -0.39 is 5.60 Å². The van der Waals surface area contributed by atoms with Gasteiger partial charge in [-0.05, 0) is 19.3 Å². The van der Waals surface area contributed by atoms with Crippen LogP contribution in [0.4, 0.5) is 0 Å². The van der Waals surface area contributed by atoms with Gasteiger partial charge in [-0.15, -0.1) is 0 Å². The summed E-state index contributed by atoms with van der Waals surface area (Å²) in [5.74, 6) is 0.232. The first kappa shape index (κ1) is 12.7. The molecule has 0 aromatic carbocycles. The van der Waals surface area contributed by atoms with E-state index in [4.69, 9.17) is 0 Å². The van der Waals surface area contributed by atoms with Crippen LogP contribution >= 0.6 is 0 Å². The van der Waals surface area contributed by atoms with Crippen LogP contribution in [-0.4, -0.2) is 44.2 Å². The van der Waals surface area contributed by atoms with E-state index in [0.29, 0.717) is 25.2 Å². The second-order valence-corrected chi connectivity index (χ2v) is 5.97. The van der Waals surface area contributed by atoms with E-state index in [-0.39, 0.29) is 11.8 Å². The van der Waals surface area contributed by atoms with Crippen LogP contribution in [0.25, 0.3) is 0 Å². The van der Waals surface area contributed by atoms with E-state index in [9.17, 15) is 9.90 Å². The minimum Gasteiger partial charge on any atom is -0.389 e. The molecular weight excluding hydrogens is 242 g/mol. The number of fused-ring (bicyclic) bond motifs is 1. The summed E-state index contributed by atoms with van der Waals surface area (Å²) >= 11 is 0. The number of nitrogens with zero attached hydrogens (tertiary/aromatic N) is 3. The Morgan fingerprint density at radius 1 is 1.47 bits per heavy atom. The van der Waals surface area contributed by atoms with E-state index >= 15 is 0 Å². The van der Waals surface area contributed by atoms with Gasteiger partial charge in [0.05, 0.1) is 11.9 Å². The number of carbonyl (C=O) groups excluding carboxylic acids is 1. The average molecular weight is 263 g/mol. The largest absolute Gasteiger partial charge is 0.389 e. The number of imidazole rings is 1. The van der Waals surface area contributed by atoms with Gasteiger partial charge in [0.15, 0.2) is 0 Å². The first-order valence-electron chi connectivity index (χ1n) is 7.08. The molecule has 1 aromatic heterocycles. The number of carbonyl (C=O) groups is 1. The summed E-state index contributed by atoms with van der Waals surface area (Å²) in [6.07, 6.45) is 8.31. The third-order valence-corrected chi connectivity index (χ3v) is 4.64. The van der Waals surface area contributed by atoms with Gasteiger partial charge in [0.2, 0.25) is 0 Å². The Bertz CT molecular complexity index is 485. The number of amides is 1. The van der Waals surface area contributed by atoms with Crippen molar-refractivity contribution in [3.05, 3.63) is 18.2 Å². The molecule has 104 valence electrons. The molecule has 1 saturated heterocycles. The van der Waals surface area contributed by atoms with Gasteiger partial charge < -0.3 is 14.6 Å². The lowest BCUT2D eigenvalue weighted by Gasteiger charge is -2.47. The van der Waals surface area contributed by atoms with Crippen molar-refractivity contribution in [2.75, 3.05) is 13.1 Å². The maximum Gasteiger partial charge on any atom is 0.274 e. The highest BCUT2D eigenvalue weighted by Crippen LogP contribution is 2.39. The molecule has 1 aliphatic heterocycles. The third-order valence-electron chi connectivity index (χ3n) is 4.64. The van der Waals surface area contributed by atoms with Crippen LogP contribution in [0.2, 0.25) is 0 Å². The summed E-state index contributed by atoms with van der Waals surface area (Å²) < 4.78 is 1.79. The summed E-state index contributed by atoms with van der Waals surface area (Å²) in [7, 11) is 1.86. The van der Waals surface area contributed by atoms with Gasteiger partial charge in [-0.3, -0.25) is 4.79 Å². The fourth-order valence-electron chi connectivity index (χ4n) is 3.44. The van der Waals surface area contributed by atoms with Crippen molar-refractivity contribution in [3.8, 4) is 0 Å². The van der Waals surface area contributed by atoms with Crippen molar-refractivity contribution < 1.29 is 9.90 Å². The van der Waals surface area contributed by atoms with Crippen molar-refractivity contribution in [2.45, 2.75) is 37.7 Å². The highest BCUT2D eigenvalue weighted by atomic mass is 16.3. The van der Waals surface area contributed by atoms with Crippen molar-refractivity contribution in [3.63, 3.8) is 0 Å². The molecule has 2 atom stereocenters. The van der Waals surface area contributed by atoms with Crippen LogP contribution in [0, 0.1) is 5.92 Å². The summed E-state index contributed by atoms with van der Waals surface area (Å²) in [6.45, 7) is 1.31. The number of aromatic nitrogens is 2. The number of aryl methyl sites for hydroxylation is 1.